The van der Waals surface area contributed by atoms with E-state index in [0.29, 0.717) is 6.04 Å². The summed E-state index contributed by atoms with van der Waals surface area (Å²) in [5.74, 6) is 0. The van der Waals surface area contributed by atoms with Gasteiger partial charge in [-0.1, -0.05) is 28.4 Å². The molecule has 1 unspecified atom stereocenters. The van der Waals surface area contributed by atoms with Gasteiger partial charge in [0.1, 0.15) is 0 Å². The first-order chi connectivity index (χ1) is 10.8. The van der Waals surface area contributed by atoms with Gasteiger partial charge in [-0.2, -0.15) is 0 Å². The molecule has 0 radical (unpaired) electrons. The highest BCUT2D eigenvalue weighted by molar-refractivity contribution is 9.10. The number of rotatable bonds is 3. The second kappa shape index (κ2) is 6.34. The van der Waals surface area contributed by atoms with Crippen LogP contribution >= 0.6 is 15.9 Å². The fraction of sp³-hybridized carbons (Fsp3) is 0.556. The van der Waals surface area contributed by atoms with Gasteiger partial charge >= 0.3 is 0 Å². The van der Waals surface area contributed by atoms with Crippen LogP contribution in [0.3, 0.4) is 0 Å². The number of likely N-dealkylation sites (tertiary alicyclic amines) is 1. The Hall–Kier alpha value is -0.840. The van der Waals surface area contributed by atoms with Crippen molar-refractivity contribution < 1.29 is 0 Å². The minimum Gasteiger partial charge on any atom is -0.357 e. The summed E-state index contributed by atoms with van der Waals surface area (Å²) in [7, 11) is 0. The van der Waals surface area contributed by atoms with Crippen LogP contribution in [0.2, 0.25) is 0 Å². The van der Waals surface area contributed by atoms with E-state index in [1.54, 1.807) is 0 Å². The summed E-state index contributed by atoms with van der Waals surface area (Å²) in [6.45, 7) is 4.90. The highest BCUT2D eigenvalue weighted by Crippen LogP contribution is 2.33. The quantitative estimate of drug-likeness (QED) is 0.865. The number of benzene rings is 1. The van der Waals surface area contributed by atoms with Gasteiger partial charge in [-0.3, -0.25) is 0 Å². The normalized spacial score (nSPS) is 22.9. The number of aromatic amines is 1. The highest BCUT2D eigenvalue weighted by atomic mass is 79.9. The number of nitrogens with one attached hydrogen (secondary N) is 2. The van der Waals surface area contributed by atoms with Gasteiger partial charge in [0.25, 0.3) is 0 Å². The predicted molar refractivity (Wildman–Crippen MR) is 95.4 cm³/mol. The fourth-order valence-electron chi connectivity index (χ4n) is 4.03. The van der Waals surface area contributed by atoms with E-state index in [4.69, 9.17) is 0 Å². The SMILES string of the molecule is Brc1ccc2c3c([nH]c2c1)C(CCN1CCCCC1)NCC3. The Bertz CT molecular complexity index is 658. The van der Waals surface area contributed by atoms with E-state index in [2.05, 4.69) is 49.3 Å². The maximum atomic E-state index is 3.72. The molecule has 1 aromatic heterocycles. The molecule has 2 aliphatic rings. The van der Waals surface area contributed by atoms with E-state index in [-0.39, 0.29) is 0 Å². The Morgan fingerprint density at radius 1 is 1.18 bits per heavy atom. The number of hydrogen-bond acceptors (Lipinski definition) is 2. The van der Waals surface area contributed by atoms with Gasteiger partial charge in [-0.05, 0) is 69.6 Å². The Morgan fingerprint density at radius 3 is 2.91 bits per heavy atom. The summed E-state index contributed by atoms with van der Waals surface area (Å²) < 4.78 is 1.15. The van der Waals surface area contributed by atoms with E-state index in [1.807, 2.05) is 0 Å². The molecular formula is C18H24BrN3. The molecule has 3 heterocycles. The van der Waals surface area contributed by atoms with Crippen molar-refractivity contribution in [2.75, 3.05) is 26.2 Å². The summed E-state index contributed by atoms with van der Waals surface area (Å²) >= 11 is 3.58. The second-order valence-electron chi connectivity index (χ2n) is 6.65. The molecule has 2 aromatic rings. The first-order valence-corrected chi connectivity index (χ1v) is 9.36. The van der Waals surface area contributed by atoms with Gasteiger partial charge in [0.05, 0.1) is 0 Å². The maximum Gasteiger partial charge on any atom is 0.0488 e. The summed E-state index contributed by atoms with van der Waals surface area (Å²) in [6, 6.07) is 7.09. The van der Waals surface area contributed by atoms with Crippen molar-refractivity contribution in [3.05, 3.63) is 33.9 Å². The van der Waals surface area contributed by atoms with Gasteiger partial charge in [-0.15, -0.1) is 0 Å². The van der Waals surface area contributed by atoms with Crippen molar-refractivity contribution in [1.29, 1.82) is 0 Å². The number of H-pyrrole nitrogens is 1. The summed E-state index contributed by atoms with van der Waals surface area (Å²) in [5.41, 5.74) is 4.23. The van der Waals surface area contributed by atoms with Gasteiger partial charge in [0, 0.05) is 27.1 Å². The lowest BCUT2D eigenvalue weighted by atomic mass is 9.97. The van der Waals surface area contributed by atoms with Crippen LogP contribution in [0, 0.1) is 0 Å². The van der Waals surface area contributed by atoms with Crippen LogP contribution < -0.4 is 5.32 Å². The molecule has 0 saturated carbocycles. The third-order valence-electron chi connectivity index (χ3n) is 5.20. The van der Waals surface area contributed by atoms with Crippen LogP contribution in [-0.2, 0) is 6.42 Å². The molecule has 118 valence electrons. The first-order valence-electron chi connectivity index (χ1n) is 8.57. The van der Waals surface area contributed by atoms with Gasteiger partial charge in [-0.25, -0.2) is 0 Å². The molecule has 0 amide bonds. The second-order valence-corrected chi connectivity index (χ2v) is 7.57. The van der Waals surface area contributed by atoms with Crippen molar-refractivity contribution in [2.45, 2.75) is 38.1 Å². The van der Waals surface area contributed by atoms with Crippen LogP contribution in [0.4, 0.5) is 0 Å². The summed E-state index contributed by atoms with van der Waals surface area (Å²) in [5, 5.41) is 5.13. The summed E-state index contributed by atoms with van der Waals surface area (Å²) in [6.07, 6.45) is 6.52. The Morgan fingerprint density at radius 2 is 2.05 bits per heavy atom. The highest BCUT2D eigenvalue weighted by Gasteiger charge is 2.24. The molecule has 0 bridgehead atoms. The minimum absolute atomic E-state index is 0.483. The lowest BCUT2D eigenvalue weighted by Crippen LogP contribution is -2.35. The zero-order chi connectivity index (χ0) is 14.9. The largest absolute Gasteiger partial charge is 0.357 e. The third kappa shape index (κ3) is 2.84. The molecule has 0 aliphatic carbocycles. The van der Waals surface area contributed by atoms with Gasteiger partial charge < -0.3 is 15.2 Å². The van der Waals surface area contributed by atoms with E-state index in [0.717, 1.165) is 17.4 Å². The molecule has 2 N–H and O–H groups in total. The number of hydrogen-bond donors (Lipinski definition) is 2. The van der Waals surface area contributed by atoms with Crippen molar-refractivity contribution >= 4 is 26.8 Å². The fourth-order valence-corrected chi connectivity index (χ4v) is 4.39. The van der Waals surface area contributed by atoms with Crippen LogP contribution in [0.25, 0.3) is 10.9 Å². The Labute approximate surface area is 140 Å². The van der Waals surface area contributed by atoms with Crippen LogP contribution in [-0.4, -0.2) is 36.1 Å². The van der Waals surface area contributed by atoms with E-state index < -0.39 is 0 Å². The number of fused-ring (bicyclic) bond motifs is 3. The van der Waals surface area contributed by atoms with Gasteiger partial charge in [0.2, 0.25) is 0 Å². The van der Waals surface area contributed by atoms with Crippen molar-refractivity contribution in [2.24, 2.45) is 0 Å². The van der Waals surface area contributed by atoms with Crippen molar-refractivity contribution in [3.63, 3.8) is 0 Å². The monoisotopic (exact) mass is 361 g/mol. The smallest absolute Gasteiger partial charge is 0.0488 e. The first kappa shape index (κ1) is 14.7. The number of piperidine rings is 1. The average Bonchev–Trinajstić information content (AvgIpc) is 2.92. The number of halogens is 1. The molecule has 4 heteroatoms. The topological polar surface area (TPSA) is 31.1 Å². The van der Waals surface area contributed by atoms with Gasteiger partial charge in [0.15, 0.2) is 0 Å². The molecular weight excluding hydrogens is 338 g/mol. The van der Waals surface area contributed by atoms with Crippen molar-refractivity contribution in [1.82, 2.24) is 15.2 Å². The molecule has 1 fully saturated rings. The molecule has 4 rings (SSSR count). The van der Waals surface area contributed by atoms with E-state index in [9.17, 15) is 0 Å². The number of nitrogens with zero attached hydrogens (tertiary/aromatic N) is 1. The van der Waals surface area contributed by atoms with E-state index >= 15 is 0 Å². The molecule has 1 saturated heterocycles. The molecule has 1 atom stereocenters. The predicted octanol–water partition coefficient (Wildman–Crippen LogP) is 3.99. The summed E-state index contributed by atoms with van der Waals surface area (Å²) in [4.78, 5) is 6.32. The molecule has 22 heavy (non-hydrogen) atoms. The zero-order valence-electron chi connectivity index (χ0n) is 13.0. The molecule has 2 aliphatic heterocycles. The zero-order valence-corrected chi connectivity index (χ0v) is 14.6. The third-order valence-corrected chi connectivity index (χ3v) is 5.69. The maximum absolute atomic E-state index is 3.72. The lowest BCUT2D eigenvalue weighted by molar-refractivity contribution is 0.215. The standard InChI is InChI=1S/C18H24BrN3/c19-13-4-5-14-15-6-8-20-16(18(15)21-17(14)12-13)7-11-22-9-2-1-3-10-22/h4-5,12,16,20-21H,1-3,6-11H2. The van der Waals surface area contributed by atoms with E-state index in [1.165, 1.54) is 67.5 Å². The minimum atomic E-state index is 0.483. The Kier molecular flexibility index (Phi) is 4.25. The Balaban J connectivity index is 1.54. The molecule has 0 spiro atoms. The lowest BCUT2D eigenvalue weighted by Gasteiger charge is -2.30. The number of aromatic nitrogens is 1. The van der Waals surface area contributed by atoms with Crippen molar-refractivity contribution in [3.8, 4) is 0 Å². The van der Waals surface area contributed by atoms with Crippen LogP contribution in [0.5, 0.6) is 0 Å². The van der Waals surface area contributed by atoms with Crippen LogP contribution in [0.15, 0.2) is 22.7 Å². The molecule has 3 nitrogen and oxygen atoms in total. The average molecular weight is 362 g/mol. The molecule has 1 aromatic carbocycles. The van der Waals surface area contributed by atoms with Crippen LogP contribution in [0.1, 0.15) is 43.0 Å².